The van der Waals surface area contributed by atoms with Gasteiger partial charge in [0.15, 0.2) is 5.16 Å². The van der Waals surface area contributed by atoms with Crippen LogP contribution in [0.3, 0.4) is 0 Å². The van der Waals surface area contributed by atoms with Crippen molar-refractivity contribution in [1.29, 1.82) is 0 Å². The molecule has 1 aromatic heterocycles. The van der Waals surface area contributed by atoms with E-state index in [0.29, 0.717) is 42.3 Å². The minimum Gasteiger partial charge on any atom is -0.353 e. The van der Waals surface area contributed by atoms with Gasteiger partial charge in [0, 0.05) is 44.2 Å². The van der Waals surface area contributed by atoms with Crippen molar-refractivity contribution >= 4 is 41.0 Å². The van der Waals surface area contributed by atoms with E-state index in [4.69, 9.17) is 11.6 Å². The lowest BCUT2D eigenvalue weighted by Crippen LogP contribution is -2.54. The standard InChI is InChI=1S/C25H43ClN6O2S/c1-7-30(8-2)11-9-10-19(5)27-23(33)17-35-25-28-21(26)15-22(29-25)31-12-13-32(20(6)16-31)24(34)14-18(3)4/h15,18-20H,7-14,16-17H2,1-6H3,(H,27,33). The highest BCUT2D eigenvalue weighted by molar-refractivity contribution is 7.99. The Morgan fingerprint density at radius 2 is 1.94 bits per heavy atom. The van der Waals surface area contributed by atoms with Gasteiger partial charge in [-0.1, -0.05) is 51.1 Å². The van der Waals surface area contributed by atoms with Crippen molar-refractivity contribution in [1.82, 2.24) is 25.1 Å². The fourth-order valence-corrected chi connectivity index (χ4v) is 5.19. The summed E-state index contributed by atoms with van der Waals surface area (Å²) in [4.78, 5) is 40.4. The van der Waals surface area contributed by atoms with Gasteiger partial charge in [-0.05, 0) is 52.2 Å². The van der Waals surface area contributed by atoms with Crippen LogP contribution in [0.2, 0.25) is 5.15 Å². The van der Waals surface area contributed by atoms with Crippen LogP contribution in [-0.2, 0) is 9.59 Å². The second kappa shape index (κ2) is 14.9. The van der Waals surface area contributed by atoms with Crippen LogP contribution in [-0.4, -0.2) is 88.7 Å². The molecule has 0 saturated carbocycles. The first kappa shape index (κ1) is 29.6. The Kier molecular flexibility index (Phi) is 12.6. The van der Waals surface area contributed by atoms with E-state index in [-0.39, 0.29) is 29.7 Å². The van der Waals surface area contributed by atoms with E-state index >= 15 is 0 Å². The van der Waals surface area contributed by atoms with Crippen molar-refractivity contribution in [2.45, 2.75) is 78.0 Å². The summed E-state index contributed by atoms with van der Waals surface area (Å²) in [6.07, 6.45) is 2.58. The molecular weight excluding hydrogens is 484 g/mol. The molecule has 0 spiro atoms. The van der Waals surface area contributed by atoms with Crippen LogP contribution in [0.15, 0.2) is 11.2 Å². The second-order valence-corrected chi connectivity index (χ2v) is 11.1. The van der Waals surface area contributed by atoms with Crippen molar-refractivity contribution in [2.24, 2.45) is 5.92 Å². The highest BCUT2D eigenvalue weighted by Crippen LogP contribution is 2.24. The topological polar surface area (TPSA) is 81.7 Å². The molecule has 0 aromatic carbocycles. The van der Waals surface area contributed by atoms with Gasteiger partial charge in [-0.15, -0.1) is 0 Å². The third kappa shape index (κ3) is 10.1. The molecule has 1 fully saturated rings. The number of nitrogens with one attached hydrogen (secondary N) is 1. The van der Waals surface area contributed by atoms with Gasteiger partial charge in [0.1, 0.15) is 11.0 Å². The van der Waals surface area contributed by atoms with Crippen LogP contribution in [0, 0.1) is 5.92 Å². The summed E-state index contributed by atoms with van der Waals surface area (Å²) in [7, 11) is 0. The summed E-state index contributed by atoms with van der Waals surface area (Å²) in [5.74, 6) is 1.51. The van der Waals surface area contributed by atoms with Crippen LogP contribution in [0.5, 0.6) is 0 Å². The molecule has 0 bridgehead atoms. The number of amides is 2. The summed E-state index contributed by atoms with van der Waals surface area (Å²) in [6, 6.07) is 1.97. The zero-order valence-electron chi connectivity index (χ0n) is 22.2. The molecule has 1 aromatic rings. The molecule has 1 aliphatic heterocycles. The van der Waals surface area contributed by atoms with Crippen LogP contribution in [0.1, 0.15) is 60.8 Å². The number of carbonyl (C=O) groups excluding carboxylic acids is 2. The smallest absolute Gasteiger partial charge is 0.230 e. The maximum Gasteiger partial charge on any atom is 0.230 e. The van der Waals surface area contributed by atoms with Crippen LogP contribution < -0.4 is 10.2 Å². The molecule has 35 heavy (non-hydrogen) atoms. The highest BCUT2D eigenvalue weighted by Gasteiger charge is 2.28. The molecule has 1 aliphatic rings. The number of piperazine rings is 1. The van der Waals surface area contributed by atoms with Gasteiger partial charge >= 0.3 is 0 Å². The number of hydrogen-bond acceptors (Lipinski definition) is 7. The van der Waals surface area contributed by atoms with Crippen molar-refractivity contribution in [3.8, 4) is 0 Å². The SMILES string of the molecule is CCN(CC)CCCC(C)NC(=O)CSc1nc(Cl)cc(N2CCN(C(=O)CC(C)C)C(C)C2)n1. The minimum absolute atomic E-state index is 0.0265. The maximum absolute atomic E-state index is 12.5. The van der Waals surface area contributed by atoms with E-state index in [1.165, 1.54) is 11.8 Å². The first-order chi connectivity index (χ1) is 16.6. The largest absolute Gasteiger partial charge is 0.353 e. The first-order valence-corrected chi connectivity index (χ1v) is 14.2. The van der Waals surface area contributed by atoms with Crippen molar-refractivity contribution in [2.75, 3.05) is 49.9 Å². The van der Waals surface area contributed by atoms with Gasteiger partial charge in [0.2, 0.25) is 11.8 Å². The molecule has 198 valence electrons. The first-order valence-electron chi connectivity index (χ1n) is 12.9. The maximum atomic E-state index is 12.5. The molecule has 1 N–H and O–H groups in total. The number of hydrogen-bond donors (Lipinski definition) is 1. The Hall–Kier alpha value is -1.58. The van der Waals surface area contributed by atoms with Crippen LogP contribution in [0.25, 0.3) is 0 Å². The summed E-state index contributed by atoms with van der Waals surface area (Å²) in [6.45, 7) is 17.8. The predicted octanol–water partition coefficient (Wildman–Crippen LogP) is 3.93. The van der Waals surface area contributed by atoms with Gasteiger partial charge in [-0.25, -0.2) is 9.97 Å². The molecule has 10 heteroatoms. The number of aromatic nitrogens is 2. The number of nitrogens with zero attached hydrogens (tertiary/aromatic N) is 5. The summed E-state index contributed by atoms with van der Waals surface area (Å²) < 4.78 is 0. The summed E-state index contributed by atoms with van der Waals surface area (Å²) in [5, 5.41) is 3.92. The van der Waals surface area contributed by atoms with E-state index in [1.54, 1.807) is 6.07 Å². The van der Waals surface area contributed by atoms with Crippen LogP contribution in [0.4, 0.5) is 5.82 Å². The molecule has 1 saturated heterocycles. The fourth-order valence-electron chi connectivity index (χ4n) is 4.29. The molecule has 0 radical (unpaired) electrons. The lowest BCUT2D eigenvalue weighted by atomic mass is 10.1. The minimum atomic E-state index is -0.0265. The van der Waals surface area contributed by atoms with Crippen molar-refractivity contribution < 1.29 is 9.59 Å². The van der Waals surface area contributed by atoms with E-state index in [0.717, 1.165) is 38.3 Å². The quantitative estimate of drug-likeness (QED) is 0.237. The Bertz CT molecular complexity index is 823. The average Bonchev–Trinajstić information content (AvgIpc) is 2.79. The van der Waals surface area contributed by atoms with Crippen molar-refractivity contribution in [3.05, 3.63) is 11.2 Å². The second-order valence-electron chi connectivity index (χ2n) is 9.74. The summed E-state index contributed by atoms with van der Waals surface area (Å²) in [5.41, 5.74) is 0. The predicted molar refractivity (Wildman–Crippen MR) is 145 cm³/mol. The Labute approximate surface area is 220 Å². The van der Waals surface area contributed by atoms with Gasteiger partial charge in [0.05, 0.1) is 5.75 Å². The molecule has 2 unspecified atom stereocenters. The average molecular weight is 527 g/mol. The number of carbonyl (C=O) groups is 2. The lowest BCUT2D eigenvalue weighted by Gasteiger charge is -2.40. The number of rotatable bonds is 13. The number of thioether (sulfide) groups is 1. The molecule has 2 heterocycles. The summed E-state index contributed by atoms with van der Waals surface area (Å²) >= 11 is 7.58. The molecule has 2 rings (SSSR count). The Morgan fingerprint density at radius 1 is 1.23 bits per heavy atom. The molecule has 0 aliphatic carbocycles. The molecule has 2 atom stereocenters. The fraction of sp³-hybridized carbons (Fsp3) is 0.760. The Balaban J connectivity index is 1.85. The van der Waals surface area contributed by atoms with E-state index in [2.05, 4.69) is 59.7 Å². The van der Waals surface area contributed by atoms with Gasteiger partial charge in [0.25, 0.3) is 0 Å². The lowest BCUT2D eigenvalue weighted by molar-refractivity contribution is -0.134. The molecule has 2 amide bonds. The number of halogens is 1. The third-order valence-electron chi connectivity index (χ3n) is 6.26. The molecular formula is C25H43ClN6O2S. The third-order valence-corrected chi connectivity index (χ3v) is 7.30. The van der Waals surface area contributed by atoms with Gasteiger partial charge in [-0.3, -0.25) is 9.59 Å². The van der Waals surface area contributed by atoms with E-state index < -0.39 is 0 Å². The van der Waals surface area contributed by atoms with E-state index in [1.807, 2.05) is 11.8 Å². The Morgan fingerprint density at radius 3 is 2.57 bits per heavy atom. The monoisotopic (exact) mass is 526 g/mol. The van der Waals surface area contributed by atoms with Crippen LogP contribution >= 0.6 is 23.4 Å². The zero-order chi connectivity index (χ0) is 26.0. The normalized spacial score (nSPS) is 17.2. The highest BCUT2D eigenvalue weighted by atomic mass is 35.5. The zero-order valence-corrected chi connectivity index (χ0v) is 23.8. The number of anilines is 1. The van der Waals surface area contributed by atoms with Gasteiger partial charge < -0.3 is 20.0 Å². The molecule has 8 nitrogen and oxygen atoms in total. The van der Waals surface area contributed by atoms with Gasteiger partial charge in [-0.2, -0.15) is 0 Å². The van der Waals surface area contributed by atoms with E-state index in [9.17, 15) is 9.59 Å². The van der Waals surface area contributed by atoms with Crippen molar-refractivity contribution in [3.63, 3.8) is 0 Å².